The number of ether oxygens (including phenoxy) is 1. The number of hydrogen-bond donors (Lipinski definition) is 2. The topological polar surface area (TPSA) is 84.6 Å². The molecule has 0 saturated heterocycles. The minimum absolute atomic E-state index is 0.0164. The van der Waals surface area contributed by atoms with Crippen LogP contribution in [0, 0.1) is 6.92 Å². The number of nitrogens with zero attached hydrogens (tertiary/aromatic N) is 1. The van der Waals surface area contributed by atoms with E-state index < -0.39 is 5.97 Å². The number of carbonyl (C=O) groups excluding carboxylic acids is 1. The molecule has 0 radical (unpaired) electrons. The lowest BCUT2D eigenvalue weighted by atomic mass is 10.1. The van der Waals surface area contributed by atoms with Crippen LogP contribution in [0.25, 0.3) is 11.5 Å². The number of aromatic nitrogens is 1. The van der Waals surface area contributed by atoms with Gasteiger partial charge in [0.05, 0.1) is 12.2 Å². The zero-order chi connectivity index (χ0) is 18.4. The van der Waals surface area contributed by atoms with Crippen LogP contribution in [0.1, 0.15) is 21.6 Å². The Morgan fingerprint density at radius 3 is 2.73 bits per heavy atom. The summed E-state index contributed by atoms with van der Waals surface area (Å²) in [6.07, 6.45) is 1.48. The van der Waals surface area contributed by atoms with Crippen LogP contribution >= 0.6 is 0 Å². The molecule has 0 unspecified atom stereocenters. The van der Waals surface area contributed by atoms with Crippen molar-refractivity contribution in [3.8, 4) is 11.5 Å². The molecule has 2 N–H and O–H groups in total. The van der Waals surface area contributed by atoms with Crippen LogP contribution < -0.4 is 5.32 Å². The van der Waals surface area contributed by atoms with Gasteiger partial charge in [-0.3, -0.25) is 0 Å². The minimum atomic E-state index is -0.467. The standard InChI is InChI=1S/C20H20N2O4/c1-14-6-8-15(9-7-14)19-22-16(12-25-19)13-26-20(24)17-4-2-3-5-18(17)21-10-11-23/h2-9,12,21,23H,10-11,13H2,1H3. The lowest BCUT2D eigenvalue weighted by molar-refractivity contribution is 0.0469. The molecule has 1 heterocycles. The molecule has 2 aromatic carbocycles. The Morgan fingerprint density at radius 2 is 1.96 bits per heavy atom. The van der Waals surface area contributed by atoms with Crippen LogP contribution in [-0.4, -0.2) is 29.2 Å². The van der Waals surface area contributed by atoms with Crippen molar-refractivity contribution in [2.75, 3.05) is 18.5 Å². The zero-order valence-corrected chi connectivity index (χ0v) is 14.4. The summed E-state index contributed by atoms with van der Waals surface area (Å²) in [5.74, 6) is 0.0204. The molecule has 0 spiro atoms. The second-order valence-electron chi connectivity index (χ2n) is 5.78. The molecule has 0 saturated carbocycles. The van der Waals surface area contributed by atoms with Gasteiger partial charge in [-0.2, -0.15) is 0 Å². The number of aryl methyl sites for hydroxylation is 1. The predicted molar refractivity (Wildman–Crippen MR) is 97.8 cm³/mol. The van der Waals surface area contributed by atoms with Gasteiger partial charge >= 0.3 is 5.97 Å². The lowest BCUT2D eigenvalue weighted by Crippen LogP contribution is -2.12. The van der Waals surface area contributed by atoms with Crippen molar-refractivity contribution < 1.29 is 19.1 Å². The van der Waals surface area contributed by atoms with Gasteiger partial charge in [-0.05, 0) is 31.2 Å². The lowest BCUT2D eigenvalue weighted by Gasteiger charge is -2.10. The van der Waals surface area contributed by atoms with Gasteiger partial charge in [-0.25, -0.2) is 9.78 Å². The van der Waals surface area contributed by atoms with Crippen molar-refractivity contribution in [2.24, 2.45) is 0 Å². The van der Waals surface area contributed by atoms with E-state index in [0.29, 0.717) is 29.4 Å². The number of aliphatic hydroxyl groups is 1. The first-order chi connectivity index (χ1) is 12.7. The van der Waals surface area contributed by atoms with Crippen LogP contribution in [0.2, 0.25) is 0 Å². The molecule has 134 valence electrons. The molecule has 26 heavy (non-hydrogen) atoms. The Kier molecular flexibility index (Phi) is 5.66. The van der Waals surface area contributed by atoms with Crippen LogP contribution in [-0.2, 0) is 11.3 Å². The molecule has 0 atom stereocenters. The average Bonchev–Trinajstić information content (AvgIpc) is 3.14. The summed E-state index contributed by atoms with van der Waals surface area (Å²) < 4.78 is 10.8. The third-order valence-corrected chi connectivity index (χ3v) is 3.78. The number of rotatable bonds is 7. The van der Waals surface area contributed by atoms with Crippen molar-refractivity contribution in [1.82, 2.24) is 4.98 Å². The Hall–Kier alpha value is -3.12. The van der Waals surface area contributed by atoms with E-state index in [9.17, 15) is 4.79 Å². The van der Waals surface area contributed by atoms with Crippen molar-refractivity contribution in [1.29, 1.82) is 0 Å². The highest BCUT2D eigenvalue weighted by molar-refractivity contribution is 5.95. The van der Waals surface area contributed by atoms with Crippen LogP contribution in [0.5, 0.6) is 0 Å². The molecule has 0 aliphatic heterocycles. The van der Waals surface area contributed by atoms with Gasteiger partial charge in [0.25, 0.3) is 0 Å². The number of hydrogen-bond acceptors (Lipinski definition) is 6. The van der Waals surface area contributed by atoms with Gasteiger partial charge in [0, 0.05) is 17.8 Å². The molecule has 0 fully saturated rings. The van der Waals surface area contributed by atoms with Gasteiger partial charge in [0.1, 0.15) is 18.6 Å². The number of benzene rings is 2. The SMILES string of the molecule is Cc1ccc(-c2nc(COC(=O)c3ccccc3NCCO)co2)cc1. The molecule has 0 amide bonds. The van der Waals surface area contributed by atoms with Gasteiger partial charge in [-0.1, -0.05) is 29.8 Å². The minimum Gasteiger partial charge on any atom is -0.455 e. The number of esters is 1. The van der Waals surface area contributed by atoms with Gasteiger partial charge in [-0.15, -0.1) is 0 Å². The molecular weight excluding hydrogens is 332 g/mol. The van der Waals surface area contributed by atoms with Gasteiger partial charge < -0.3 is 19.6 Å². The van der Waals surface area contributed by atoms with Gasteiger partial charge in [0.2, 0.25) is 5.89 Å². The highest BCUT2D eigenvalue weighted by Crippen LogP contribution is 2.20. The molecule has 0 aliphatic rings. The summed E-state index contributed by atoms with van der Waals surface area (Å²) >= 11 is 0. The first-order valence-corrected chi connectivity index (χ1v) is 8.29. The molecule has 6 heteroatoms. The largest absolute Gasteiger partial charge is 0.455 e. The molecule has 0 aliphatic carbocycles. The molecule has 1 aromatic heterocycles. The second kappa shape index (κ2) is 8.31. The summed E-state index contributed by atoms with van der Waals surface area (Å²) in [6, 6.07) is 14.8. The Balaban J connectivity index is 1.64. The number of carbonyl (C=O) groups is 1. The maximum Gasteiger partial charge on any atom is 0.340 e. The summed E-state index contributed by atoms with van der Waals surface area (Å²) in [5.41, 5.74) is 3.58. The van der Waals surface area contributed by atoms with E-state index >= 15 is 0 Å². The predicted octanol–water partition coefficient (Wildman–Crippen LogP) is 3.41. The number of para-hydroxylation sites is 1. The fraction of sp³-hybridized carbons (Fsp3) is 0.200. The third kappa shape index (κ3) is 4.29. The van der Waals surface area contributed by atoms with E-state index in [2.05, 4.69) is 10.3 Å². The number of aliphatic hydroxyl groups excluding tert-OH is 1. The van der Waals surface area contributed by atoms with E-state index in [-0.39, 0.29) is 13.2 Å². The molecular formula is C20H20N2O4. The first kappa shape index (κ1) is 17.7. The fourth-order valence-corrected chi connectivity index (χ4v) is 2.43. The number of oxazole rings is 1. The van der Waals surface area contributed by atoms with E-state index in [4.69, 9.17) is 14.3 Å². The van der Waals surface area contributed by atoms with Crippen molar-refractivity contribution in [3.05, 3.63) is 71.6 Å². The summed E-state index contributed by atoms with van der Waals surface area (Å²) in [5, 5.41) is 11.9. The number of nitrogens with one attached hydrogen (secondary N) is 1. The maximum atomic E-state index is 12.3. The highest BCUT2D eigenvalue weighted by atomic mass is 16.5. The van der Waals surface area contributed by atoms with Crippen LogP contribution in [0.4, 0.5) is 5.69 Å². The van der Waals surface area contributed by atoms with E-state index in [1.165, 1.54) is 6.26 Å². The van der Waals surface area contributed by atoms with Crippen LogP contribution in [0.15, 0.2) is 59.2 Å². The average molecular weight is 352 g/mol. The second-order valence-corrected chi connectivity index (χ2v) is 5.78. The normalized spacial score (nSPS) is 10.5. The summed E-state index contributed by atoms with van der Waals surface area (Å²) in [7, 11) is 0. The zero-order valence-electron chi connectivity index (χ0n) is 14.4. The number of anilines is 1. The maximum absolute atomic E-state index is 12.3. The first-order valence-electron chi connectivity index (χ1n) is 8.29. The highest BCUT2D eigenvalue weighted by Gasteiger charge is 2.14. The van der Waals surface area contributed by atoms with Crippen molar-refractivity contribution >= 4 is 11.7 Å². The Bertz CT molecular complexity index is 872. The van der Waals surface area contributed by atoms with Crippen LogP contribution in [0.3, 0.4) is 0 Å². The third-order valence-electron chi connectivity index (χ3n) is 3.78. The molecule has 6 nitrogen and oxygen atoms in total. The quantitative estimate of drug-likeness (QED) is 0.634. The van der Waals surface area contributed by atoms with Gasteiger partial charge in [0.15, 0.2) is 0 Å². The summed E-state index contributed by atoms with van der Waals surface area (Å²) in [6.45, 7) is 2.36. The molecule has 3 rings (SSSR count). The monoisotopic (exact) mass is 352 g/mol. The summed E-state index contributed by atoms with van der Waals surface area (Å²) in [4.78, 5) is 16.7. The Morgan fingerprint density at radius 1 is 1.19 bits per heavy atom. The molecule has 3 aromatic rings. The van der Waals surface area contributed by atoms with E-state index in [1.807, 2.05) is 37.3 Å². The molecule has 0 bridgehead atoms. The van der Waals surface area contributed by atoms with E-state index in [1.54, 1.807) is 18.2 Å². The smallest absolute Gasteiger partial charge is 0.340 e. The fourth-order valence-electron chi connectivity index (χ4n) is 2.43. The Labute approximate surface area is 151 Å². The van der Waals surface area contributed by atoms with Crippen molar-refractivity contribution in [3.63, 3.8) is 0 Å². The van der Waals surface area contributed by atoms with Crippen molar-refractivity contribution in [2.45, 2.75) is 13.5 Å². The van der Waals surface area contributed by atoms with E-state index in [0.717, 1.165) is 11.1 Å².